The van der Waals surface area contributed by atoms with Gasteiger partial charge in [0.25, 0.3) is 0 Å². The Morgan fingerprint density at radius 1 is 1.30 bits per heavy atom. The van der Waals surface area contributed by atoms with E-state index in [9.17, 15) is 0 Å². The lowest BCUT2D eigenvalue weighted by molar-refractivity contribution is -0.0113. The maximum atomic E-state index is 5.36. The molecule has 2 saturated heterocycles. The molecule has 2 aliphatic heterocycles. The lowest BCUT2D eigenvalue weighted by Crippen LogP contribution is -2.61. The Hall–Kier alpha value is 0.210. The predicted molar refractivity (Wildman–Crippen MR) is 42.7 cm³/mol. The number of halogens is 1. The topological polar surface area (TPSA) is 21.3 Å². The van der Waals surface area contributed by atoms with Crippen LogP contribution in [0.5, 0.6) is 0 Å². The molecular weight excluding hydrogens is 150 g/mol. The fourth-order valence-corrected chi connectivity index (χ4v) is 1.67. The fraction of sp³-hybridized carbons (Fsp3) is 1.00. The van der Waals surface area contributed by atoms with Crippen molar-refractivity contribution in [2.75, 3.05) is 19.8 Å². The van der Waals surface area contributed by atoms with Gasteiger partial charge >= 0.3 is 0 Å². The second-order valence-corrected chi connectivity index (χ2v) is 3.11. The summed E-state index contributed by atoms with van der Waals surface area (Å²) < 4.78 is 5.36. The average molecular weight is 164 g/mol. The van der Waals surface area contributed by atoms with Crippen molar-refractivity contribution < 1.29 is 4.74 Å². The summed E-state index contributed by atoms with van der Waals surface area (Å²) in [6.45, 7) is 3.12. The summed E-state index contributed by atoms with van der Waals surface area (Å²) in [6, 6.07) is 0. The van der Waals surface area contributed by atoms with Crippen LogP contribution in [-0.4, -0.2) is 25.3 Å². The third-order valence-corrected chi connectivity index (χ3v) is 2.43. The van der Waals surface area contributed by atoms with Gasteiger partial charge in [0.2, 0.25) is 0 Å². The van der Waals surface area contributed by atoms with E-state index in [1.807, 2.05) is 0 Å². The van der Waals surface area contributed by atoms with Gasteiger partial charge in [-0.2, -0.15) is 0 Å². The fourth-order valence-electron chi connectivity index (χ4n) is 1.67. The zero-order valence-electron chi connectivity index (χ0n) is 6.06. The van der Waals surface area contributed by atoms with E-state index in [0.29, 0.717) is 5.54 Å². The Balaban J connectivity index is 0.000000500. The van der Waals surface area contributed by atoms with Crippen LogP contribution in [0, 0.1) is 0 Å². The van der Waals surface area contributed by atoms with Crippen molar-refractivity contribution in [1.82, 2.24) is 5.32 Å². The molecule has 0 amide bonds. The third kappa shape index (κ3) is 1.29. The van der Waals surface area contributed by atoms with E-state index in [1.54, 1.807) is 0 Å². The summed E-state index contributed by atoms with van der Waals surface area (Å²) in [7, 11) is 0. The van der Waals surface area contributed by atoms with Gasteiger partial charge in [-0.15, -0.1) is 12.4 Å². The minimum atomic E-state index is 0. The van der Waals surface area contributed by atoms with Crippen molar-refractivity contribution >= 4 is 12.4 Å². The van der Waals surface area contributed by atoms with Crippen molar-refractivity contribution in [1.29, 1.82) is 0 Å². The molecule has 2 rings (SSSR count). The number of nitrogens with one attached hydrogen (secondary N) is 1. The molecule has 0 aromatic carbocycles. The van der Waals surface area contributed by atoms with E-state index < -0.39 is 0 Å². The normalized spacial score (nSPS) is 38.4. The van der Waals surface area contributed by atoms with Crippen LogP contribution in [0.1, 0.15) is 19.3 Å². The molecule has 0 aromatic heterocycles. The second kappa shape index (κ2) is 3.07. The summed E-state index contributed by atoms with van der Waals surface area (Å²) in [5.41, 5.74) is 0.429. The van der Waals surface area contributed by atoms with Crippen molar-refractivity contribution in [3.8, 4) is 0 Å². The minimum Gasteiger partial charge on any atom is -0.380 e. The molecule has 0 saturated carbocycles. The van der Waals surface area contributed by atoms with Gasteiger partial charge in [0.1, 0.15) is 0 Å². The second-order valence-electron chi connectivity index (χ2n) is 3.11. The Morgan fingerprint density at radius 3 is 2.40 bits per heavy atom. The largest absolute Gasteiger partial charge is 0.380 e. The SMILES string of the molecule is C1COCC2(C1)CCN2.Cl. The highest BCUT2D eigenvalue weighted by Crippen LogP contribution is 2.27. The maximum Gasteiger partial charge on any atom is 0.0648 e. The number of hydrogen-bond donors (Lipinski definition) is 1. The highest BCUT2D eigenvalue weighted by molar-refractivity contribution is 5.85. The van der Waals surface area contributed by atoms with Crippen LogP contribution in [-0.2, 0) is 4.74 Å². The van der Waals surface area contributed by atoms with E-state index >= 15 is 0 Å². The summed E-state index contributed by atoms with van der Waals surface area (Å²) in [4.78, 5) is 0. The Bertz CT molecular complexity index is 106. The lowest BCUT2D eigenvalue weighted by Gasteiger charge is -2.45. The first-order chi connectivity index (χ1) is 4.41. The molecular formula is C7H14ClNO. The molecule has 3 heteroatoms. The average Bonchev–Trinajstić information content (AvgIpc) is 1.87. The van der Waals surface area contributed by atoms with Gasteiger partial charge in [-0.3, -0.25) is 0 Å². The standard InChI is InChI=1S/C7H13NO.ClH/c1-2-7(3-4-8-7)6-9-5-1;/h8H,1-6H2;1H. The van der Waals surface area contributed by atoms with Crippen molar-refractivity contribution in [3.63, 3.8) is 0 Å². The van der Waals surface area contributed by atoms with Crippen molar-refractivity contribution in [2.45, 2.75) is 24.8 Å². The number of hydrogen-bond acceptors (Lipinski definition) is 2. The van der Waals surface area contributed by atoms with E-state index in [-0.39, 0.29) is 12.4 Å². The van der Waals surface area contributed by atoms with Gasteiger partial charge in [0, 0.05) is 12.1 Å². The summed E-state index contributed by atoms with van der Waals surface area (Å²) >= 11 is 0. The van der Waals surface area contributed by atoms with E-state index in [0.717, 1.165) is 13.2 Å². The molecule has 10 heavy (non-hydrogen) atoms. The van der Waals surface area contributed by atoms with E-state index in [4.69, 9.17) is 4.74 Å². The summed E-state index contributed by atoms with van der Waals surface area (Å²) in [6.07, 6.45) is 3.90. The van der Waals surface area contributed by atoms with Gasteiger partial charge in [0.15, 0.2) is 0 Å². The molecule has 0 aliphatic carbocycles. The summed E-state index contributed by atoms with van der Waals surface area (Å²) in [5.74, 6) is 0. The molecule has 1 spiro atoms. The van der Waals surface area contributed by atoms with Crippen LogP contribution in [0.4, 0.5) is 0 Å². The van der Waals surface area contributed by atoms with Crippen LogP contribution < -0.4 is 5.32 Å². The molecule has 1 N–H and O–H groups in total. The Kier molecular flexibility index (Phi) is 2.55. The first kappa shape index (κ1) is 8.31. The maximum absolute atomic E-state index is 5.36. The smallest absolute Gasteiger partial charge is 0.0648 e. The van der Waals surface area contributed by atoms with E-state index in [2.05, 4.69) is 5.32 Å². The van der Waals surface area contributed by atoms with E-state index in [1.165, 1.54) is 25.8 Å². The van der Waals surface area contributed by atoms with Gasteiger partial charge in [-0.05, 0) is 25.8 Å². The zero-order chi connectivity index (χ0) is 6.16. The molecule has 2 aliphatic rings. The van der Waals surface area contributed by atoms with Crippen LogP contribution >= 0.6 is 12.4 Å². The number of rotatable bonds is 0. The molecule has 2 heterocycles. The first-order valence-corrected chi connectivity index (χ1v) is 3.74. The number of ether oxygens (including phenoxy) is 1. The van der Waals surface area contributed by atoms with Crippen molar-refractivity contribution in [2.24, 2.45) is 0 Å². The molecule has 0 aromatic rings. The molecule has 2 nitrogen and oxygen atoms in total. The van der Waals surface area contributed by atoms with Gasteiger partial charge in [-0.1, -0.05) is 0 Å². The van der Waals surface area contributed by atoms with Crippen molar-refractivity contribution in [3.05, 3.63) is 0 Å². The van der Waals surface area contributed by atoms with Gasteiger partial charge in [-0.25, -0.2) is 0 Å². The molecule has 2 fully saturated rings. The van der Waals surface area contributed by atoms with Crippen LogP contribution in [0.2, 0.25) is 0 Å². The van der Waals surface area contributed by atoms with Crippen LogP contribution in [0.15, 0.2) is 0 Å². The molecule has 0 bridgehead atoms. The predicted octanol–water partition coefficient (Wildman–Crippen LogP) is 0.951. The first-order valence-electron chi connectivity index (χ1n) is 3.74. The molecule has 60 valence electrons. The highest BCUT2D eigenvalue weighted by atomic mass is 35.5. The highest BCUT2D eigenvalue weighted by Gasteiger charge is 2.37. The van der Waals surface area contributed by atoms with Gasteiger partial charge < -0.3 is 10.1 Å². The molecule has 0 radical (unpaired) electrons. The van der Waals surface area contributed by atoms with Crippen LogP contribution in [0.25, 0.3) is 0 Å². The Labute approximate surface area is 67.7 Å². The van der Waals surface area contributed by atoms with Gasteiger partial charge in [0.05, 0.1) is 6.61 Å². The molecule has 1 unspecified atom stereocenters. The lowest BCUT2D eigenvalue weighted by atomic mass is 9.83. The Morgan fingerprint density at radius 2 is 2.10 bits per heavy atom. The quantitative estimate of drug-likeness (QED) is 0.574. The monoisotopic (exact) mass is 163 g/mol. The third-order valence-electron chi connectivity index (χ3n) is 2.43. The summed E-state index contributed by atoms with van der Waals surface area (Å²) in [5, 5.41) is 3.44. The minimum absolute atomic E-state index is 0. The zero-order valence-corrected chi connectivity index (χ0v) is 6.88. The van der Waals surface area contributed by atoms with Crippen LogP contribution in [0.3, 0.4) is 0 Å². The molecule has 1 atom stereocenters.